The first kappa shape index (κ1) is 14.1. The number of carboxylic acids is 1. The zero-order valence-corrected chi connectivity index (χ0v) is 12.8. The fourth-order valence-electron chi connectivity index (χ4n) is 3.54. The molecule has 1 N–H and O–H groups in total. The number of fused-ring (bicyclic) bond motifs is 1. The molecule has 2 aromatic heterocycles. The molecule has 0 bridgehead atoms. The van der Waals surface area contributed by atoms with Gasteiger partial charge in [0.1, 0.15) is 17.6 Å². The SMILES string of the molecule is O=C(O)[C@H]1CCCN1c1nc(-c2ccccn2)nc2c1CCC2. The molecule has 0 aromatic carbocycles. The van der Waals surface area contributed by atoms with Crippen molar-refractivity contribution in [1.29, 1.82) is 0 Å². The van der Waals surface area contributed by atoms with Crippen molar-refractivity contribution in [3.8, 4) is 11.5 Å². The van der Waals surface area contributed by atoms with Crippen LogP contribution in [-0.2, 0) is 17.6 Å². The smallest absolute Gasteiger partial charge is 0.326 e. The van der Waals surface area contributed by atoms with Crippen LogP contribution in [0, 0.1) is 0 Å². The van der Waals surface area contributed by atoms with E-state index >= 15 is 0 Å². The number of anilines is 1. The Kier molecular flexibility index (Phi) is 3.44. The molecular formula is C17H18N4O2. The van der Waals surface area contributed by atoms with Crippen molar-refractivity contribution in [2.75, 3.05) is 11.4 Å². The van der Waals surface area contributed by atoms with E-state index in [-0.39, 0.29) is 0 Å². The van der Waals surface area contributed by atoms with Crippen LogP contribution in [0.4, 0.5) is 5.82 Å². The van der Waals surface area contributed by atoms with Crippen molar-refractivity contribution < 1.29 is 9.90 Å². The summed E-state index contributed by atoms with van der Waals surface area (Å²) >= 11 is 0. The average molecular weight is 310 g/mol. The summed E-state index contributed by atoms with van der Waals surface area (Å²) in [5, 5.41) is 9.48. The van der Waals surface area contributed by atoms with Crippen molar-refractivity contribution in [2.24, 2.45) is 0 Å². The minimum Gasteiger partial charge on any atom is -0.480 e. The van der Waals surface area contributed by atoms with E-state index in [1.54, 1.807) is 6.20 Å². The Bertz CT molecular complexity index is 748. The van der Waals surface area contributed by atoms with Gasteiger partial charge < -0.3 is 10.0 Å². The largest absolute Gasteiger partial charge is 0.480 e. The molecule has 4 rings (SSSR count). The number of aliphatic carboxylic acids is 1. The van der Waals surface area contributed by atoms with Crippen LogP contribution in [0.25, 0.3) is 11.5 Å². The van der Waals surface area contributed by atoms with Crippen LogP contribution in [0.3, 0.4) is 0 Å². The molecule has 1 fully saturated rings. The maximum atomic E-state index is 11.5. The predicted octanol–water partition coefficient (Wildman–Crippen LogP) is 2.08. The molecule has 1 aliphatic heterocycles. The molecule has 1 aliphatic carbocycles. The highest BCUT2D eigenvalue weighted by molar-refractivity contribution is 5.79. The number of nitrogens with zero attached hydrogens (tertiary/aromatic N) is 4. The summed E-state index contributed by atoms with van der Waals surface area (Å²) in [7, 11) is 0. The number of carbonyl (C=O) groups is 1. The fourth-order valence-corrected chi connectivity index (χ4v) is 3.54. The molecule has 0 spiro atoms. The van der Waals surface area contributed by atoms with Gasteiger partial charge in [0, 0.05) is 24.0 Å². The standard InChI is InChI=1S/C17H18N4O2/c22-17(23)14-8-4-10-21(14)16-11-5-3-7-12(11)19-15(20-16)13-6-1-2-9-18-13/h1-2,6,9,14H,3-5,7-8,10H2,(H,22,23)/t14-/m1/s1. The number of hydrogen-bond donors (Lipinski definition) is 1. The summed E-state index contributed by atoms with van der Waals surface area (Å²) in [6, 6.07) is 5.18. The molecule has 2 aliphatic rings. The summed E-state index contributed by atoms with van der Waals surface area (Å²) in [5.41, 5.74) is 2.90. The van der Waals surface area contributed by atoms with Crippen molar-refractivity contribution in [3.05, 3.63) is 35.7 Å². The molecule has 1 saturated heterocycles. The van der Waals surface area contributed by atoms with Crippen LogP contribution in [0.15, 0.2) is 24.4 Å². The lowest BCUT2D eigenvalue weighted by Gasteiger charge is -2.25. The highest BCUT2D eigenvalue weighted by atomic mass is 16.4. The molecule has 0 radical (unpaired) electrons. The first-order valence-corrected chi connectivity index (χ1v) is 8.04. The molecule has 0 amide bonds. The van der Waals surface area contributed by atoms with Gasteiger partial charge in [-0.1, -0.05) is 6.07 Å². The predicted molar refractivity (Wildman–Crippen MR) is 85.3 cm³/mol. The Morgan fingerprint density at radius 1 is 1.22 bits per heavy atom. The molecule has 1 atom stereocenters. The number of aromatic nitrogens is 3. The highest BCUT2D eigenvalue weighted by Crippen LogP contribution is 2.34. The van der Waals surface area contributed by atoms with Gasteiger partial charge in [-0.25, -0.2) is 14.8 Å². The zero-order chi connectivity index (χ0) is 15.8. The van der Waals surface area contributed by atoms with Crippen LogP contribution in [0.1, 0.15) is 30.5 Å². The quantitative estimate of drug-likeness (QED) is 0.935. The lowest BCUT2D eigenvalue weighted by Crippen LogP contribution is -2.37. The summed E-state index contributed by atoms with van der Waals surface area (Å²) in [4.78, 5) is 27.2. The topological polar surface area (TPSA) is 79.2 Å². The van der Waals surface area contributed by atoms with Gasteiger partial charge in [-0.05, 0) is 44.2 Å². The molecule has 3 heterocycles. The maximum absolute atomic E-state index is 11.5. The molecule has 0 saturated carbocycles. The van der Waals surface area contributed by atoms with E-state index in [2.05, 4.69) is 9.97 Å². The summed E-state index contributed by atoms with van der Waals surface area (Å²) < 4.78 is 0. The lowest BCUT2D eigenvalue weighted by atomic mass is 10.2. The average Bonchev–Trinajstić information content (AvgIpc) is 3.23. The van der Waals surface area contributed by atoms with Crippen LogP contribution < -0.4 is 4.90 Å². The summed E-state index contributed by atoms with van der Waals surface area (Å²) in [6.07, 6.45) is 6.18. The van der Waals surface area contributed by atoms with Crippen LogP contribution >= 0.6 is 0 Å². The van der Waals surface area contributed by atoms with Gasteiger partial charge in [-0.3, -0.25) is 4.98 Å². The second-order valence-electron chi connectivity index (χ2n) is 6.05. The Labute approximate surface area is 134 Å². The number of aryl methyl sites for hydroxylation is 1. The van der Waals surface area contributed by atoms with Crippen LogP contribution in [-0.4, -0.2) is 38.6 Å². The van der Waals surface area contributed by atoms with Crippen LogP contribution in [0.5, 0.6) is 0 Å². The third-order valence-corrected chi connectivity index (χ3v) is 4.62. The first-order chi connectivity index (χ1) is 11.2. The van der Waals surface area contributed by atoms with E-state index in [1.807, 2.05) is 23.1 Å². The highest BCUT2D eigenvalue weighted by Gasteiger charge is 2.34. The minimum absolute atomic E-state index is 0.480. The maximum Gasteiger partial charge on any atom is 0.326 e. The van der Waals surface area contributed by atoms with Crippen molar-refractivity contribution in [3.63, 3.8) is 0 Å². The number of hydrogen-bond acceptors (Lipinski definition) is 5. The Hall–Kier alpha value is -2.50. The number of rotatable bonds is 3. The van der Waals surface area contributed by atoms with E-state index in [4.69, 9.17) is 4.98 Å². The molecule has 23 heavy (non-hydrogen) atoms. The second kappa shape index (κ2) is 5.61. The first-order valence-electron chi connectivity index (χ1n) is 8.04. The molecule has 0 unspecified atom stereocenters. The van der Waals surface area contributed by atoms with Gasteiger partial charge >= 0.3 is 5.97 Å². The third-order valence-electron chi connectivity index (χ3n) is 4.62. The number of pyridine rings is 1. The molecule has 2 aromatic rings. The second-order valence-corrected chi connectivity index (χ2v) is 6.05. The molecule has 6 nitrogen and oxygen atoms in total. The van der Waals surface area contributed by atoms with Crippen LogP contribution in [0.2, 0.25) is 0 Å². The van der Waals surface area contributed by atoms with E-state index in [9.17, 15) is 9.90 Å². The van der Waals surface area contributed by atoms with E-state index in [0.717, 1.165) is 55.0 Å². The zero-order valence-electron chi connectivity index (χ0n) is 12.8. The summed E-state index contributed by atoms with van der Waals surface area (Å²) in [5.74, 6) is 0.627. The normalized spacial score (nSPS) is 19.8. The Morgan fingerprint density at radius 2 is 2.13 bits per heavy atom. The fraction of sp³-hybridized carbons (Fsp3) is 0.412. The molecule has 6 heteroatoms. The minimum atomic E-state index is -0.771. The summed E-state index contributed by atoms with van der Waals surface area (Å²) in [6.45, 7) is 0.738. The monoisotopic (exact) mass is 310 g/mol. The van der Waals surface area contributed by atoms with Crippen molar-refractivity contribution in [1.82, 2.24) is 15.0 Å². The van der Waals surface area contributed by atoms with Crippen molar-refractivity contribution >= 4 is 11.8 Å². The van der Waals surface area contributed by atoms with Gasteiger partial charge in [0.05, 0.1) is 0 Å². The Morgan fingerprint density at radius 3 is 2.91 bits per heavy atom. The van der Waals surface area contributed by atoms with Gasteiger partial charge in [-0.2, -0.15) is 0 Å². The molecule has 118 valence electrons. The van der Waals surface area contributed by atoms with Gasteiger partial charge in [0.25, 0.3) is 0 Å². The third kappa shape index (κ3) is 2.44. The van der Waals surface area contributed by atoms with Gasteiger partial charge in [0.15, 0.2) is 5.82 Å². The van der Waals surface area contributed by atoms with Crippen molar-refractivity contribution in [2.45, 2.75) is 38.1 Å². The Balaban J connectivity index is 1.83. The lowest BCUT2D eigenvalue weighted by molar-refractivity contribution is -0.138. The van der Waals surface area contributed by atoms with Gasteiger partial charge in [-0.15, -0.1) is 0 Å². The van der Waals surface area contributed by atoms with E-state index in [0.29, 0.717) is 12.2 Å². The van der Waals surface area contributed by atoms with Gasteiger partial charge in [0.2, 0.25) is 0 Å². The molecular weight excluding hydrogens is 292 g/mol. The van der Waals surface area contributed by atoms with E-state index in [1.165, 1.54) is 0 Å². The number of carboxylic acid groups (broad SMARTS) is 1. The van der Waals surface area contributed by atoms with E-state index < -0.39 is 12.0 Å².